The van der Waals surface area contributed by atoms with E-state index >= 15 is 0 Å². The minimum Gasteiger partial charge on any atom is -0.329 e. The topological polar surface area (TPSA) is 38.9 Å². The van der Waals surface area contributed by atoms with Crippen LogP contribution in [0, 0.1) is 13.8 Å². The molecule has 1 aromatic carbocycles. The smallest absolute Gasteiger partial charge is 0.0491 e. The summed E-state index contributed by atoms with van der Waals surface area (Å²) in [5.74, 6) is 0.191. The van der Waals surface area contributed by atoms with E-state index in [-0.39, 0.29) is 5.92 Å². The second-order valence-corrected chi connectivity index (χ2v) is 4.40. The van der Waals surface area contributed by atoms with Crippen molar-refractivity contribution >= 4 is 0 Å². The lowest BCUT2D eigenvalue weighted by molar-refractivity contribution is 0.781. The molecule has 0 fully saturated rings. The molecule has 0 aliphatic heterocycles. The largest absolute Gasteiger partial charge is 0.329 e. The van der Waals surface area contributed by atoms with Crippen LogP contribution in [0.3, 0.4) is 0 Å². The van der Waals surface area contributed by atoms with Crippen molar-refractivity contribution in [3.63, 3.8) is 0 Å². The highest BCUT2D eigenvalue weighted by atomic mass is 14.7. The minimum atomic E-state index is 0.191. The average Bonchev–Trinajstić information content (AvgIpc) is 2.34. The quantitative estimate of drug-likeness (QED) is 0.874. The van der Waals surface area contributed by atoms with Gasteiger partial charge in [-0.2, -0.15) is 0 Å². The summed E-state index contributed by atoms with van der Waals surface area (Å²) in [4.78, 5) is 4.41. The summed E-state index contributed by atoms with van der Waals surface area (Å²) in [6, 6.07) is 12.5. The molecule has 17 heavy (non-hydrogen) atoms. The van der Waals surface area contributed by atoms with Crippen molar-refractivity contribution in [1.29, 1.82) is 0 Å². The van der Waals surface area contributed by atoms with Crippen molar-refractivity contribution in [3.05, 3.63) is 65.0 Å². The van der Waals surface area contributed by atoms with Gasteiger partial charge >= 0.3 is 0 Å². The van der Waals surface area contributed by atoms with E-state index in [1.165, 1.54) is 16.7 Å². The molecule has 0 saturated heterocycles. The fourth-order valence-corrected chi connectivity index (χ4v) is 2.21. The first kappa shape index (κ1) is 11.8. The molecule has 0 unspecified atom stereocenters. The van der Waals surface area contributed by atoms with Crippen LogP contribution in [0.5, 0.6) is 0 Å². The molecule has 2 N–H and O–H groups in total. The molecule has 0 amide bonds. The minimum absolute atomic E-state index is 0.191. The Kier molecular flexibility index (Phi) is 3.55. The van der Waals surface area contributed by atoms with Gasteiger partial charge in [0.25, 0.3) is 0 Å². The molecule has 0 spiro atoms. The number of nitrogens with zero attached hydrogens (tertiary/aromatic N) is 1. The highest BCUT2D eigenvalue weighted by molar-refractivity contribution is 5.37. The number of benzene rings is 1. The number of rotatable bonds is 3. The number of pyridine rings is 1. The van der Waals surface area contributed by atoms with Gasteiger partial charge in [-0.3, -0.25) is 4.98 Å². The molecule has 0 aliphatic rings. The molecule has 2 nitrogen and oxygen atoms in total. The molecule has 1 heterocycles. The summed E-state index contributed by atoms with van der Waals surface area (Å²) in [6.07, 6.45) is 1.82. The molecule has 0 aliphatic carbocycles. The summed E-state index contributed by atoms with van der Waals surface area (Å²) in [5.41, 5.74) is 10.8. The number of hydrogen-bond acceptors (Lipinski definition) is 2. The van der Waals surface area contributed by atoms with E-state index in [0.29, 0.717) is 6.54 Å². The lowest BCUT2D eigenvalue weighted by atomic mass is 9.91. The molecule has 88 valence electrons. The summed E-state index contributed by atoms with van der Waals surface area (Å²) in [5, 5.41) is 0. The molecule has 1 atom stereocenters. The fourth-order valence-electron chi connectivity index (χ4n) is 2.21. The van der Waals surface area contributed by atoms with Gasteiger partial charge in [0.15, 0.2) is 0 Å². The highest BCUT2D eigenvalue weighted by Gasteiger charge is 2.15. The Balaban J connectivity index is 2.42. The molecule has 2 heteroatoms. The standard InChI is InChI=1S/C15H18N2/c1-11-6-7-13(12(2)9-11)14(10-16)15-5-3-4-8-17-15/h3-9,14H,10,16H2,1-2H3/t14-/m0/s1. The van der Waals surface area contributed by atoms with Crippen LogP contribution in [0.25, 0.3) is 0 Å². The maximum Gasteiger partial charge on any atom is 0.0491 e. The van der Waals surface area contributed by atoms with Gasteiger partial charge in [0.05, 0.1) is 0 Å². The van der Waals surface area contributed by atoms with Gasteiger partial charge in [0, 0.05) is 24.4 Å². The summed E-state index contributed by atoms with van der Waals surface area (Å²) >= 11 is 0. The van der Waals surface area contributed by atoms with Crippen LogP contribution in [-0.4, -0.2) is 11.5 Å². The van der Waals surface area contributed by atoms with Crippen LogP contribution in [-0.2, 0) is 0 Å². The second-order valence-electron chi connectivity index (χ2n) is 4.40. The van der Waals surface area contributed by atoms with Crippen molar-refractivity contribution in [1.82, 2.24) is 4.98 Å². The SMILES string of the molecule is Cc1ccc([C@H](CN)c2ccccn2)c(C)c1. The second kappa shape index (κ2) is 5.11. The molecular formula is C15H18N2. The summed E-state index contributed by atoms with van der Waals surface area (Å²) < 4.78 is 0. The molecule has 2 aromatic rings. The van der Waals surface area contributed by atoms with Crippen LogP contribution in [0.4, 0.5) is 0 Å². The zero-order valence-corrected chi connectivity index (χ0v) is 10.4. The lowest BCUT2D eigenvalue weighted by Crippen LogP contribution is -2.16. The lowest BCUT2D eigenvalue weighted by Gasteiger charge is -2.17. The normalized spacial score (nSPS) is 12.4. The van der Waals surface area contributed by atoms with Crippen molar-refractivity contribution in [2.45, 2.75) is 19.8 Å². The van der Waals surface area contributed by atoms with Gasteiger partial charge in [-0.25, -0.2) is 0 Å². The Hall–Kier alpha value is -1.67. The molecule has 0 bridgehead atoms. The highest BCUT2D eigenvalue weighted by Crippen LogP contribution is 2.25. The van der Waals surface area contributed by atoms with Crippen molar-refractivity contribution < 1.29 is 0 Å². The van der Waals surface area contributed by atoms with Gasteiger partial charge in [-0.05, 0) is 37.1 Å². The van der Waals surface area contributed by atoms with E-state index in [2.05, 4.69) is 37.0 Å². The van der Waals surface area contributed by atoms with Gasteiger partial charge in [0.1, 0.15) is 0 Å². The van der Waals surface area contributed by atoms with Crippen molar-refractivity contribution in [2.24, 2.45) is 5.73 Å². The Morgan fingerprint density at radius 1 is 1.18 bits per heavy atom. The molecule has 0 saturated carbocycles. The maximum absolute atomic E-state index is 5.90. The molecule has 1 aromatic heterocycles. The van der Waals surface area contributed by atoms with Crippen LogP contribution in [0.2, 0.25) is 0 Å². The van der Waals surface area contributed by atoms with Gasteiger partial charge in [-0.15, -0.1) is 0 Å². The Morgan fingerprint density at radius 3 is 2.59 bits per heavy atom. The number of hydrogen-bond donors (Lipinski definition) is 1. The Morgan fingerprint density at radius 2 is 2.00 bits per heavy atom. The van der Waals surface area contributed by atoms with Gasteiger partial charge in [-0.1, -0.05) is 29.8 Å². The third-order valence-corrected chi connectivity index (χ3v) is 3.08. The van der Waals surface area contributed by atoms with Crippen molar-refractivity contribution in [3.8, 4) is 0 Å². The van der Waals surface area contributed by atoms with E-state index in [1.54, 1.807) is 0 Å². The number of nitrogens with two attached hydrogens (primary N) is 1. The predicted octanol–water partition coefficient (Wildman–Crippen LogP) is 2.79. The third-order valence-electron chi connectivity index (χ3n) is 3.08. The van der Waals surface area contributed by atoms with E-state index in [0.717, 1.165) is 5.69 Å². The van der Waals surface area contributed by atoms with Crippen LogP contribution in [0.1, 0.15) is 28.3 Å². The molecular weight excluding hydrogens is 208 g/mol. The average molecular weight is 226 g/mol. The van der Waals surface area contributed by atoms with E-state index in [4.69, 9.17) is 5.73 Å². The Bertz CT molecular complexity index is 492. The first-order valence-corrected chi connectivity index (χ1v) is 5.90. The summed E-state index contributed by atoms with van der Waals surface area (Å²) in [7, 11) is 0. The van der Waals surface area contributed by atoms with Crippen molar-refractivity contribution in [2.75, 3.05) is 6.54 Å². The van der Waals surface area contributed by atoms with Crippen LogP contribution >= 0.6 is 0 Å². The van der Waals surface area contributed by atoms with E-state index < -0.39 is 0 Å². The van der Waals surface area contributed by atoms with E-state index in [9.17, 15) is 0 Å². The van der Waals surface area contributed by atoms with Crippen LogP contribution < -0.4 is 5.73 Å². The predicted molar refractivity (Wildman–Crippen MR) is 71.1 cm³/mol. The molecule has 0 radical (unpaired) electrons. The fraction of sp³-hybridized carbons (Fsp3) is 0.267. The third kappa shape index (κ3) is 2.53. The molecule has 2 rings (SSSR count). The van der Waals surface area contributed by atoms with Gasteiger partial charge < -0.3 is 5.73 Å². The summed E-state index contributed by atoms with van der Waals surface area (Å²) in [6.45, 7) is 4.82. The maximum atomic E-state index is 5.90. The number of aromatic nitrogens is 1. The zero-order chi connectivity index (χ0) is 12.3. The van der Waals surface area contributed by atoms with Crippen LogP contribution in [0.15, 0.2) is 42.6 Å². The van der Waals surface area contributed by atoms with Gasteiger partial charge in [0.2, 0.25) is 0 Å². The monoisotopic (exact) mass is 226 g/mol. The Labute approximate surface area is 103 Å². The first-order chi connectivity index (χ1) is 8.22. The number of aryl methyl sites for hydroxylation is 2. The first-order valence-electron chi connectivity index (χ1n) is 5.90. The van der Waals surface area contributed by atoms with E-state index in [1.807, 2.05) is 24.4 Å². The zero-order valence-electron chi connectivity index (χ0n) is 10.4.